The molecule has 3 aromatic rings. The van der Waals surface area contributed by atoms with Crippen LogP contribution in [0.5, 0.6) is 5.75 Å². The van der Waals surface area contributed by atoms with E-state index in [1.165, 1.54) is 10.8 Å². The van der Waals surface area contributed by atoms with E-state index in [-0.39, 0.29) is 13.2 Å². The van der Waals surface area contributed by atoms with Crippen molar-refractivity contribution in [2.75, 3.05) is 13.2 Å². The molecule has 4 heteroatoms. The fourth-order valence-corrected chi connectivity index (χ4v) is 2.77. The lowest BCUT2D eigenvalue weighted by Crippen LogP contribution is -2.33. The van der Waals surface area contributed by atoms with Gasteiger partial charge in [-0.15, -0.1) is 0 Å². The van der Waals surface area contributed by atoms with E-state index in [1.807, 2.05) is 48.5 Å². The van der Waals surface area contributed by atoms with E-state index in [1.54, 1.807) is 0 Å². The maximum Gasteiger partial charge on any atom is 0.494 e. The molecule has 1 unspecified atom stereocenters. The van der Waals surface area contributed by atoms with Crippen molar-refractivity contribution in [3.63, 3.8) is 0 Å². The molecule has 0 saturated carbocycles. The lowest BCUT2D eigenvalue weighted by Gasteiger charge is -2.12. The number of benzene rings is 3. The Hall–Kier alpha value is -2.30. The van der Waals surface area contributed by atoms with Crippen molar-refractivity contribution < 1.29 is 14.0 Å². The molecule has 0 aromatic heterocycles. The molecule has 1 fully saturated rings. The molecule has 0 bridgehead atoms. The number of rotatable bonds is 4. The molecule has 1 saturated heterocycles. The molecule has 23 heavy (non-hydrogen) atoms. The van der Waals surface area contributed by atoms with Crippen LogP contribution in [0, 0.1) is 0 Å². The molecule has 4 rings (SSSR count). The van der Waals surface area contributed by atoms with Crippen LogP contribution in [-0.2, 0) is 9.31 Å². The molecule has 0 aliphatic carbocycles. The maximum atomic E-state index is 5.91. The van der Waals surface area contributed by atoms with E-state index in [0.717, 1.165) is 11.2 Å². The standard InChI is InChI=1S/C19H17BO3/c1-2-8-17(9-3-1)20-22-14-19(23-20)13-21-18-11-10-15-6-4-5-7-16(15)12-18/h1-12,19H,13-14H2. The number of fused-ring (bicyclic) bond motifs is 1. The number of hydrogen-bond donors (Lipinski definition) is 0. The Kier molecular flexibility index (Phi) is 4.01. The quantitative estimate of drug-likeness (QED) is 0.693. The monoisotopic (exact) mass is 304 g/mol. The van der Waals surface area contributed by atoms with Gasteiger partial charge in [0.15, 0.2) is 0 Å². The highest BCUT2D eigenvalue weighted by molar-refractivity contribution is 6.61. The molecule has 1 atom stereocenters. The fraction of sp³-hybridized carbons (Fsp3) is 0.158. The first-order chi connectivity index (χ1) is 11.4. The zero-order valence-corrected chi connectivity index (χ0v) is 12.7. The van der Waals surface area contributed by atoms with Crippen LogP contribution in [-0.4, -0.2) is 26.4 Å². The summed E-state index contributed by atoms with van der Waals surface area (Å²) in [6.07, 6.45) is -0.0494. The molecule has 0 radical (unpaired) electrons. The Balaban J connectivity index is 1.37. The van der Waals surface area contributed by atoms with Crippen molar-refractivity contribution in [3.8, 4) is 5.75 Å². The van der Waals surface area contributed by atoms with Crippen molar-refractivity contribution in [2.24, 2.45) is 0 Å². The van der Waals surface area contributed by atoms with Gasteiger partial charge < -0.3 is 14.0 Å². The first-order valence-electron chi connectivity index (χ1n) is 7.82. The third-order valence-electron chi connectivity index (χ3n) is 3.98. The highest BCUT2D eigenvalue weighted by Gasteiger charge is 2.33. The van der Waals surface area contributed by atoms with Crippen molar-refractivity contribution in [1.29, 1.82) is 0 Å². The maximum absolute atomic E-state index is 5.91. The van der Waals surface area contributed by atoms with Crippen molar-refractivity contribution in [1.82, 2.24) is 0 Å². The minimum Gasteiger partial charge on any atom is -0.491 e. The minimum atomic E-state index is -0.290. The molecule has 3 aromatic carbocycles. The van der Waals surface area contributed by atoms with Crippen LogP contribution in [0.4, 0.5) is 0 Å². The van der Waals surface area contributed by atoms with E-state index in [9.17, 15) is 0 Å². The Morgan fingerprint density at radius 1 is 0.913 bits per heavy atom. The van der Waals surface area contributed by atoms with Crippen LogP contribution in [0.1, 0.15) is 0 Å². The van der Waals surface area contributed by atoms with Gasteiger partial charge >= 0.3 is 7.12 Å². The average molecular weight is 304 g/mol. The van der Waals surface area contributed by atoms with Crippen LogP contribution in [0.15, 0.2) is 72.8 Å². The Morgan fingerprint density at radius 3 is 2.57 bits per heavy atom. The van der Waals surface area contributed by atoms with Crippen molar-refractivity contribution in [2.45, 2.75) is 6.10 Å². The Morgan fingerprint density at radius 2 is 1.70 bits per heavy atom. The molecule has 1 heterocycles. The van der Waals surface area contributed by atoms with Gasteiger partial charge in [-0.2, -0.15) is 0 Å². The van der Waals surface area contributed by atoms with Gasteiger partial charge in [-0.3, -0.25) is 0 Å². The molecular weight excluding hydrogens is 287 g/mol. The number of hydrogen-bond acceptors (Lipinski definition) is 3. The second-order valence-electron chi connectivity index (χ2n) is 5.65. The second kappa shape index (κ2) is 6.45. The first kappa shape index (κ1) is 14.3. The summed E-state index contributed by atoms with van der Waals surface area (Å²) in [5.74, 6) is 0.857. The normalized spacial score (nSPS) is 17.6. The summed E-state index contributed by atoms with van der Waals surface area (Å²) in [6.45, 7) is 1.04. The van der Waals surface area contributed by atoms with E-state index < -0.39 is 0 Å². The predicted molar refractivity (Wildman–Crippen MR) is 92.1 cm³/mol. The lowest BCUT2D eigenvalue weighted by molar-refractivity contribution is 0.148. The van der Waals surface area contributed by atoms with Crippen molar-refractivity contribution in [3.05, 3.63) is 72.8 Å². The van der Waals surface area contributed by atoms with Gasteiger partial charge in [0, 0.05) is 0 Å². The van der Waals surface area contributed by atoms with Crippen LogP contribution in [0.25, 0.3) is 10.8 Å². The van der Waals surface area contributed by atoms with Crippen LogP contribution >= 0.6 is 0 Å². The Bertz CT molecular complexity index is 791. The zero-order chi connectivity index (χ0) is 15.5. The number of ether oxygens (including phenoxy) is 1. The molecule has 3 nitrogen and oxygen atoms in total. The molecule has 0 spiro atoms. The molecule has 0 N–H and O–H groups in total. The summed E-state index contributed by atoms with van der Waals surface area (Å²) in [6, 6.07) is 24.4. The minimum absolute atomic E-state index is 0.0494. The summed E-state index contributed by atoms with van der Waals surface area (Å²) in [4.78, 5) is 0. The fourth-order valence-electron chi connectivity index (χ4n) is 2.77. The van der Waals surface area contributed by atoms with E-state index >= 15 is 0 Å². The summed E-state index contributed by atoms with van der Waals surface area (Å²) in [7, 11) is -0.290. The molecular formula is C19H17BO3. The van der Waals surface area contributed by atoms with Gasteiger partial charge in [0.05, 0.1) is 12.7 Å². The summed E-state index contributed by atoms with van der Waals surface area (Å²) >= 11 is 0. The molecule has 0 amide bonds. The van der Waals surface area contributed by atoms with Gasteiger partial charge in [-0.25, -0.2) is 0 Å². The van der Waals surface area contributed by atoms with Crippen LogP contribution in [0.2, 0.25) is 0 Å². The smallest absolute Gasteiger partial charge is 0.491 e. The summed E-state index contributed by atoms with van der Waals surface area (Å²) in [5, 5.41) is 2.39. The van der Waals surface area contributed by atoms with Gasteiger partial charge in [0.1, 0.15) is 12.4 Å². The molecule has 1 aliphatic rings. The highest BCUT2D eigenvalue weighted by Crippen LogP contribution is 2.21. The molecule has 1 aliphatic heterocycles. The van der Waals surface area contributed by atoms with Gasteiger partial charge in [-0.05, 0) is 28.4 Å². The average Bonchev–Trinajstić information content (AvgIpc) is 3.10. The lowest BCUT2D eigenvalue weighted by atomic mass is 9.79. The van der Waals surface area contributed by atoms with Crippen molar-refractivity contribution >= 4 is 23.4 Å². The first-order valence-corrected chi connectivity index (χ1v) is 7.82. The predicted octanol–water partition coefficient (Wildman–Crippen LogP) is 3.03. The van der Waals surface area contributed by atoms with E-state index in [2.05, 4.69) is 24.3 Å². The van der Waals surface area contributed by atoms with Crippen LogP contribution < -0.4 is 10.2 Å². The van der Waals surface area contributed by atoms with Crippen LogP contribution in [0.3, 0.4) is 0 Å². The van der Waals surface area contributed by atoms with Gasteiger partial charge in [0.2, 0.25) is 0 Å². The summed E-state index contributed by atoms with van der Waals surface area (Å²) < 4.78 is 17.5. The summed E-state index contributed by atoms with van der Waals surface area (Å²) in [5.41, 5.74) is 1.04. The van der Waals surface area contributed by atoms with E-state index in [0.29, 0.717) is 13.2 Å². The second-order valence-corrected chi connectivity index (χ2v) is 5.65. The van der Waals surface area contributed by atoms with Gasteiger partial charge in [0.25, 0.3) is 0 Å². The Labute approximate surface area is 135 Å². The van der Waals surface area contributed by atoms with Gasteiger partial charge in [-0.1, -0.05) is 60.7 Å². The highest BCUT2D eigenvalue weighted by atomic mass is 16.7. The SMILES string of the molecule is c1ccc(B2OCC(COc3ccc4ccccc4c3)O2)cc1. The zero-order valence-electron chi connectivity index (χ0n) is 12.7. The third-order valence-corrected chi connectivity index (χ3v) is 3.98. The topological polar surface area (TPSA) is 27.7 Å². The van der Waals surface area contributed by atoms with E-state index in [4.69, 9.17) is 14.0 Å². The third kappa shape index (κ3) is 3.23. The largest absolute Gasteiger partial charge is 0.494 e. The molecule has 114 valence electrons.